The van der Waals surface area contributed by atoms with Crippen LogP contribution >= 0.6 is 12.2 Å². The highest BCUT2D eigenvalue weighted by molar-refractivity contribution is 7.80. The van der Waals surface area contributed by atoms with E-state index in [1.54, 1.807) is 24.3 Å². The van der Waals surface area contributed by atoms with Crippen molar-refractivity contribution in [2.75, 3.05) is 33.8 Å². The SMILES string of the molecule is CN(C)C1CCN(C(=O)COc2ccc(C(N)=S)cc2)C1. The average molecular weight is 307 g/mol. The molecule has 0 bridgehead atoms. The van der Waals surface area contributed by atoms with Crippen LogP contribution in [0.15, 0.2) is 24.3 Å². The number of likely N-dealkylation sites (tertiary alicyclic amines) is 1. The fourth-order valence-corrected chi connectivity index (χ4v) is 2.48. The summed E-state index contributed by atoms with van der Waals surface area (Å²) < 4.78 is 5.52. The van der Waals surface area contributed by atoms with Gasteiger partial charge in [0.25, 0.3) is 5.91 Å². The summed E-state index contributed by atoms with van der Waals surface area (Å²) in [6, 6.07) is 7.57. The first-order chi connectivity index (χ1) is 9.97. The van der Waals surface area contributed by atoms with E-state index in [1.165, 1.54) is 0 Å². The predicted octanol–water partition coefficient (Wildman–Crippen LogP) is 0.862. The first kappa shape index (κ1) is 15.7. The second kappa shape index (κ2) is 6.87. The lowest BCUT2D eigenvalue weighted by molar-refractivity contribution is -0.132. The van der Waals surface area contributed by atoms with Crippen molar-refractivity contribution in [2.24, 2.45) is 5.73 Å². The van der Waals surface area contributed by atoms with Gasteiger partial charge in [0, 0.05) is 24.7 Å². The number of carbonyl (C=O) groups is 1. The number of carbonyl (C=O) groups excluding carboxylic acids is 1. The Balaban J connectivity index is 1.83. The van der Waals surface area contributed by atoms with Crippen molar-refractivity contribution < 1.29 is 9.53 Å². The van der Waals surface area contributed by atoms with Gasteiger partial charge in [0.2, 0.25) is 0 Å². The molecule has 1 aromatic rings. The van der Waals surface area contributed by atoms with Gasteiger partial charge in [-0.1, -0.05) is 12.2 Å². The summed E-state index contributed by atoms with van der Waals surface area (Å²) in [4.78, 5) is 16.5. The summed E-state index contributed by atoms with van der Waals surface area (Å²) in [7, 11) is 4.08. The van der Waals surface area contributed by atoms with Gasteiger partial charge in [-0.25, -0.2) is 0 Å². The van der Waals surface area contributed by atoms with Crippen LogP contribution in [0.2, 0.25) is 0 Å². The molecule has 1 unspecified atom stereocenters. The fourth-order valence-electron chi connectivity index (χ4n) is 2.34. The molecule has 5 nitrogen and oxygen atoms in total. The van der Waals surface area contributed by atoms with E-state index in [1.807, 2.05) is 19.0 Å². The molecule has 2 N–H and O–H groups in total. The minimum absolute atomic E-state index is 0.0257. The zero-order valence-corrected chi connectivity index (χ0v) is 13.2. The normalized spacial score (nSPS) is 18.0. The van der Waals surface area contributed by atoms with Gasteiger partial charge in [-0.2, -0.15) is 0 Å². The van der Waals surface area contributed by atoms with Gasteiger partial charge in [-0.15, -0.1) is 0 Å². The van der Waals surface area contributed by atoms with Crippen LogP contribution in [0.4, 0.5) is 0 Å². The van der Waals surface area contributed by atoms with Crippen LogP contribution in [-0.4, -0.2) is 60.5 Å². The van der Waals surface area contributed by atoms with E-state index < -0.39 is 0 Å². The van der Waals surface area contributed by atoms with Crippen LogP contribution in [0.5, 0.6) is 5.75 Å². The molecule has 2 rings (SSSR count). The van der Waals surface area contributed by atoms with Crippen LogP contribution in [0.1, 0.15) is 12.0 Å². The number of likely N-dealkylation sites (N-methyl/N-ethyl adjacent to an activating group) is 1. The molecular weight excluding hydrogens is 286 g/mol. The molecule has 0 aromatic heterocycles. The highest BCUT2D eigenvalue weighted by Crippen LogP contribution is 2.15. The van der Waals surface area contributed by atoms with E-state index in [-0.39, 0.29) is 12.5 Å². The molecule has 0 saturated carbocycles. The third-order valence-electron chi connectivity index (χ3n) is 3.75. The molecule has 0 spiro atoms. The third kappa shape index (κ3) is 4.15. The second-order valence-electron chi connectivity index (χ2n) is 5.42. The quantitative estimate of drug-likeness (QED) is 0.818. The van der Waals surface area contributed by atoms with E-state index in [2.05, 4.69) is 4.90 Å². The number of ether oxygens (including phenoxy) is 1. The smallest absolute Gasteiger partial charge is 0.260 e. The van der Waals surface area contributed by atoms with Crippen molar-refractivity contribution in [3.05, 3.63) is 29.8 Å². The van der Waals surface area contributed by atoms with Gasteiger partial charge in [-0.3, -0.25) is 4.79 Å². The highest BCUT2D eigenvalue weighted by atomic mass is 32.1. The summed E-state index contributed by atoms with van der Waals surface area (Å²) in [5.74, 6) is 0.671. The first-order valence-electron chi connectivity index (χ1n) is 6.94. The second-order valence-corrected chi connectivity index (χ2v) is 5.86. The minimum Gasteiger partial charge on any atom is -0.484 e. The predicted molar refractivity (Wildman–Crippen MR) is 86.5 cm³/mol. The van der Waals surface area contributed by atoms with Gasteiger partial charge < -0.3 is 20.3 Å². The van der Waals surface area contributed by atoms with E-state index in [4.69, 9.17) is 22.7 Å². The van der Waals surface area contributed by atoms with Crippen molar-refractivity contribution in [3.8, 4) is 5.75 Å². The minimum atomic E-state index is 0.0257. The summed E-state index contributed by atoms with van der Waals surface area (Å²) in [6.45, 7) is 1.63. The lowest BCUT2D eigenvalue weighted by Crippen LogP contribution is -2.36. The Morgan fingerprint density at radius 3 is 2.62 bits per heavy atom. The molecule has 1 aliphatic heterocycles. The fraction of sp³-hybridized carbons (Fsp3) is 0.467. The summed E-state index contributed by atoms with van der Waals surface area (Å²) in [6.07, 6.45) is 1.02. The monoisotopic (exact) mass is 307 g/mol. The molecule has 6 heteroatoms. The number of hydrogen-bond acceptors (Lipinski definition) is 4. The lowest BCUT2D eigenvalue weighted by Gasteiger charge is -2.20. The van der Waals surface area contributed by atoms with Crippen LogP contribution in [0, 0.1) is 0 Å². The Labute approximate surface area is 130 Å². The summed E-state index contributed by atoms with van der Waals surface area (Å²) in [5.41, 5.74) is 6.32. The van der Waals surface area contributed by atoms with Crippen molar-refractivity contribution in [1.29, 1.82) is 0 Å². The Kier molecular flexibility index (Phi) is 5.14. The maximum atomic E-state index is 12.1. The maximum Gasteiger partial charge on any atom is 0.260 e. The van der Waals surface area contributed by atoms with Gasteiger partial charge in [0.05, 0.1) is 0 Å². The number of thiocarbonyl (C=S) groups is 1. The standard InChI is InChI=1S/C15H21N3O2S/c1-17(2)12-7-8-18(9-12)14(19)10-20-13-5-3-11(4-6-13)15(16)21/h3-6,12H,7-10H2,1-2H3,(H2,16,21). The number of rotatable bonds is 5. The zero-order chi connectivity index (χ0) is 15.4. The van der Waals surface area contributed by atoms with Crippen LogP contribution in [0.3, 0.4) is 0 Å². The number of nitrogens with two attached hydrogens (primary N) is 1. The molecular formula is C15H21N3O2S. The van der Waals surface area contributed by atoms with Gasteiger partial charge in [-0.05, 0) is 44.8 Å². The van der Waals surface area contributed by atoms with Gasteiger partial charge in [0.15, 0.2) is 6.61 Å². The average Bonchev–Trinajstić information content (AvgIpc) is 2.95. The molecule has 1 aromatic carbocycles. The summed E-state index contributed by atoms with van der Waals surface area (Å²) >= 11 is 4.89. The van der Waals surface area contributed by atoms with Crippen molar-refractivity contribution >= 4 is 23.1 Å². The Bertz CT molecular complexity index is 516. The molecule has 1 atom stereocenters. The topological polar surface area (TPSA) is 58.8 Å². The molecule has 114 valence electrons. The number of benzene rings is 1. The number of hydrogen-bond donors (Lipinski definition) is 1. The molecule has 0 radical (unpaired) electrons. The Morgan fingerprint density at radius 2 is 2.10 bits per heavy atom. The zero-order valence-electron chi connectivity index (χ0n) is 12.4. The Hall–Kier alpha value is -1.66. The van der Waals surface area contributed by atoms with Crippen molar-refractivity contribution in [2.45, 2.75) is 12.5 Å². The van der Waals surface area contributed by atoms with Crippen molar-refractivity contribution in [3.63, 3.8) is 0 Å². The van der Waals surface area contributed by atoms with Crippen LogP contribution < -0.4 is 10.5 Å². The van der Waals surface area contributed by atoms with E-state index in [0.717, 1.165) is 25.1 Å². The largest absolute Gasteiger partial charge is 0.484 e. The van der Waals surface area contributed by atoms with E-state index >= 15 is 0 Å². The molecule has 1 amide bonds. The maximum absolute atomic E-state index is 12.1. The molecule has 0 aliphatic carbocycles. The molecule has 1 fully saturated rings. The lowest BCUT2D eigenvalue weighted by atomic mass is 10.2. The van der Waals surface area contributed by atoms with Gasteiger partial charge >= 0.3 is 0 Å². The number of nitrogens with zero attached hydrogens (tertiary/aromatic N) is 2. The molecule has 1 saturated heterocycles. The first-order valence-corrected chi connectivity index (χ1v) is 7.35. The Morgan fingerprint density at radius 1 is 1.43 bits per heavy atom. The number of amides is 1. The summed E-state index contributed by atoms with van der Waals surface area (Å²) in [5, 5.41) is 0. The molecule has 1 aliphatic rings. The third-order valence-corrected chi connectivity index (χ3v) is 3.98. The van der Waals surface area contributed by atoms with Crippen LogP contribution in [0.25, 0.3) is 0 Å². The van der Waals surface area contributed by atoms with E-state index in [9.17, 15) is 4.79 Å². The van der Waals surface area contributed by atoms with E-state index in [0.29, 0.717) is 16.8 Å². The highest BCUT2D eigenvalue weighted by Gasteiger charge is 2.27. The molecule has 21 heavy (non-hydrogen) atoms. The van der Waals surface area contributed by atoms with Crippen molar-refractivity contribution in [1.82, 2.24) is 9.80 Å². The molecule has 1 heterocycles. The van der Waals surface area contributed by atoms with Crippen LogP contribution in [-0.2, 0) is 4.79 Å². The van der Waals surface area contributed by atoms with Gasteiger partial charge in [0.1, 0.15) is 10.7 Å².